The van der Waals surface area contributed by atoms with Crippen LogP contribution in [0.4, 0.5) is 0 Å². The Labute approximate surface area is 371 Å². The van der Waals surface area contributed by atoms with Crippen LogP contribution in [0.1, 0.15) is 155 Å². The number of aliphatic hydroxyl groups is 1. The third-order valence-electron chi connectivity index (χ3n) is 9.48. The van der Waals surface area contributed by atoms with E-state index in [9.17, 15) is 28.7 Å². The lowest BCUT2D eigenvalue weighted by molar-refractivity contribution is -0.161. The third kappa shape index (κ3) is 38.0. The standard InChI is InChI=1S/C46H78O14P2/c1-3-5-7-8-9-10-11-12-13-14-18-21-24-27-31-35-45(48)55-39-42(40-58-62(53,54)57-38-41(47)37-56-61(50,51)52)59-46(49)36-32-28-25-22-19-16-15-17-20-23-26-30-34-44-43(60-44)33-29-6-4-2/h6,12-13,16-17,19-20,25-26,28-30,41-44,47H,3-5,7-11,14-15,18,21-24,27,31-40H2,1-2H3,(H,53,54)(H2,50,51,52)/b13-12-,19-16-,20-17-,28-25-,29-6-,30-26-/t41-,42+,43?,44?/m0/s1. The highest BCUT2D eigenvalue weighted by molar-refractivity contribution is 7.47. The van der Waals surface area contributed by atoms with Crippen molar-refractivity contribution in [3.8, 4) is 0 Å². The summed E-state index contributed by atoms with van der Waals surface area (Å²) in [4.78, 5) is 52.7. The number of allylic oxidation sites excluding steroid dienone is 10. The van der Waals surface area contributed by atoms with E-state index in [1.165, 1.54) is 38.5 Å². The zero-order chi connectivity index (χ0) is 45.6. The fourth-order valence-electron chi connectivity index (χ4n) is 5.94. The predicted molar refractivity (Wildman–Crippen MR) is 243 cm³/mol. The van der Waals surface area contributed by atoms with Crippen molar-refractivity contribution in [1.82, 2.24) is 0 Å². The summed E-state index contributed by atoms with van der Waals surface area (Å²) in [7, 11) is -9.71. The Balaban J connectivity index is 2.40. The average molecular weight is 917 g/mol. The molecule has 1 fully saturated rings. The number of aliphatic hydroxyl groups excluding tert-OH is 1. The fraction of sp³-hybridized carbons (Fsp3) is 0.696. The molecule has 62 heavy (non-hydrogen) atoms. The number of esters is 2. The number of carbonyl (C=O) groups excluding carboxylic acids is 2. The lowest BCUT2D eigenvalue weighted by Gasteiger charge is -2.20. The minimum atomic E-state index is -4.88. The van der Waals surface area contributed by atoms with Crippen molar-refractivity contribution >= 4 is 27.6 Å². The fourth-order valence-corrected chi connectivity index (χ4v) is 7.09. The normalized spacial score (nSPS) is 17.9. The minimum Gasteiger partial charge on any atom is -0.462 e. The molecule has 14 nitrogen and oxygen atoms in total. The van der Waals surface area contributed by atoms with E-state index in [-0.39, 0.29) is 12.8 Å². The van der Waals surface area contributed by atoms with Crippen LogP contribution in [0.15, 0.2) is 72.9 Å². The van der Waals surface area contributed by atoms with Crippen molar-refractivity contribution in [1.29, 1.82) is 0 Å². The first-order valence-electron chi connectivity index (χ1n) is 22.8. The van der Waals surface area contributed by atoms with Gasteiger partial charge in [-0.15, -0.1) is 0 Å². The third-order valence-corrected chi connectivity index (χ3v) is 10.9. The van der Waals surface area contributed by atoms with Crippen molar-refractivity contribution in [3.63, 3.8) is 0 Å². The van der Waals surface area contributed by atoms with Gasteiger partial charge in [0, 0.05) is 12.8 Å². The molecule has 0 aromatic heterocycles. The smallest absolute Gasteiger partial charge is 0.462 e. The molecule has 0 aliphatic carbocycles. The van der Waals surface area contributed by atoms with Gasteiger partial charge in [0.25, 0.3) is 0 Å². The van der Waals surface area contributed by atoms with Crippen LogP contribution in [0.5, 0.6) is 0 Å². The van der Waals surface area contributed by atoms with E-state index in [0.717, 1.165) is 70.6 Å². The van der Waals surface area contributed by atoms with E-state index in [1.807, 2.05) is 18.2 Å². The molecular formula is C46H78O14P2. The largest absolute Gasteiger partial charge is 0.472 e. The molecule has 0 radical (unpaired) electrons. The molecule has 3 unspecified atom stereocenters. The summed E-state index contributed by atoms with van der Waals surface area (Å²) >= 11 is 0. The van der Waals surface area contributed by atoms with Crippen LogP contribution in [-0.2, 0) is 46.5 Å². The van der Waals surface area contributed by atoms with Crippen LogP contribution < -0.4 is 0 Å². The van der Waals surface area contributed by atoms with E-state index >= 15 is 0 Å². The average Bonchev–Trinajstić information content (AvgIpc) is 3.99. The Bertz CT molecular complexity index is 1440. The van der Waals surface area contributed by atoms with Gasteiger partial charge in [0.1, 0.15) is 12.7 Å². The molecule has 4 N–H and O–H groups in total. The summed E-state index contributed by atoms with van der Waals surface area (Å²) < 4.78 is 53.4. The van der Waals surface area contributed by atoms with Crippen LogP contribution in [0.25, 0.3) is 0 Å². The Morgan fingerprint density at radius 2 is 1.06 bits per heavy atom. The Hall–Kier alpha value is -2.48. The number of hydrogen-bond acceptors (Lipinski definition) is 11. The molecule has 1 rings (SSSR count). The molecule has 0 aromatic rings. The number of epoxide rings is 1. The van der Waals surface area contributed by atoms with Crippen LogP contribution >= 0.6 is 15.6 Å². The highest BCUT2D eigenvalue weighted by atomic mass is 31.2. The van der Waals surface area contributed by atoms with Gasteiger partial charge in [-0.1, -0.05) is 138 Å². The molecular weight excluding hydrogens is 838 g/mol. The highest BCUT2D eigenvalue weighted by Gasteiger charge is 2.36. The van der Waals surface area contributed by atoms with Crippen LogP contribution in [0.3, 0.4) is 0 Å². The van der Waals surface area contributed by atoms with Gasteiger partial charge in [-0.2, -0.15) is 0 Å². The van der Waals surface area contributed by atoms with Gasteiger partial charge in [0.05, 0.1) is 32.0 Å². The SMILES string of the molecule is CC/C=C\CC1OC1C/C=C\C/C=C\C/C=C\C/C=C\CCC(=O)O[C@H](COC(=O)CCCCCCC/C=C\CCCCCCCC)COP(=O)(O)OC[C@@H](O)COP(=O)(O)O. The second kappa shape index (κ2) is 37.9. The van der Waals surface area contributed by atoms with Gasteiger partial charge in [-0.3, -0.25) is 23.2 Å². The Morgan fingerprint density at radius 3 is 1.66 bits per heavy atom. The van der Waals surface area contributed by atoms with Crippen molar-refractivity contribution in [2.45, 2.75) is 180 Å². The summed E-state index contributed by atoms with van der Waals surface area (Å²) in [5, 5.41) is 9.75. The van der Waals surface area contributed by atoms with E-state index in [1.54, 1.807) is 0 Å². The number of unbranched alkanes of at least 4 members (excludes halogenated alkanes) is 11. The quantitative estimate of drug-likeness (QED) is 0.0148. The topological polar surface area (TPSA) is 208 Å². The lowest BCUT2D eigenvalue weighted by atomic mass is 10.1. The molecule has 1 heterocycles. The second-order valence-electron chi connectivity index (χ2n) is 15.3. The van der Waals surface area contributed by atoms with Crippen LogP contribution in [0, 0.1) is 0 Å². The molecule has 0 amide bonds. The Kier molecular flexibility index (Phi) is 35.1. The van der Waals surface area contributed by atoms with Crippen molar-refractivity contribution in [2.75, 3.05) is 26.4 Å². The summed E-state index contributed by atoms with van der Waals surface area (Å²) in [6.07, 6.45) is 43.7. The van der Waals surface area contributed by atoms with Crippen molar-refractivity contribution in [3.05, 3.63) is 72.9 Å². The maximum atomic E-state index is 12.7. The van der Waals surface area contributed by atoms with Gasteiger partial charge < -0.3 is 34.0 Å². The van der Waals surface area contributed by atoms with Crippen molar-refractivity contribution in [2.24, 2.45) is 0 Å². The molecule has 1 aliphatic heterocycles. The predicted octanol–water partition coefficient (Wildman–Crippen LogP) is 10.8. The summed E-state index contributed by atoms with van der Waals surface area (Å²) in [6.45, 7) is 1.54. The first-order chi connectivity index (χ1) is 29.8. The number of phosphoric acid groups is 2. The molecule has 16 heteroatoms. The second-order valence-corrected chi connectivity index (χ2v) is 18.0. The summed E-state index contributed by atoms with van der Waals surface area (Å²) in [5.41, 5.74) is 0. The molecule has 0 spiro atoms. The molecule has 356 valence electrons. The maximum absolute atomic E-state index is 12.7. The van der Waals surface area contributed by atoms with Gasteiger partial charge in [0.15, 0.2) is 6.10 Å². The highest BCUT2D eigenvalue weighted by Crippen LogP contribution is 2.44. The van der Waals surface area contributed by atoms with Crippen molar-refractivity contribution < 1.29 is 66.3 Å². The van der Waals surface area contributed by atoms with E-state index in [0.29, 0.717) is 31.5 Å². The Morgan fingerprint density at radius 1 is 0.565 bits per heavy atom. The van der Waals surface area contributed by atoms with E-state index in [4.69, 9.17) is 28.5 Å². The van der Waals surface area contributed by atoms with Gasteiger partial charge in [0.2, 0.25) is 0 Å². The molecule has 1 saturated heterocycles. The molecule has 5 atom stereocenters. The zero-order valence-corrected chi connectivity index (χ0v) is 39.2. The number of phosphoric ester groups is 2. The monoisotopic (exact) mass is 916 g/mol. The van der Waals surface area contributed by atoms with Gasteiger partial charge in [-0.05, 0) is 77.0 Å². The zero-order valence-electron chi connectivity index (χ0n) is 37.4. The molecule has 1 aliphatic rings. The first kappa shape index (κ1) is 57.5. The summed E-state index contributed by atoms with van der Waals surface area (Å²) in [5.74, 6) is -1.15. The van der Waals surface area contributed by atoms with E-state index < -0.39 is 66.2 Å². The maximum Gasteiger partial charge on any atom is 0.472 e. The summed E-state index contributed by atoms with van der Waals surface area (Å²) in [6, 6.07) is 0. The molecule has 0 aromatic carbocycles. The minimum absolute atomic E-state index is 0.00167. The number of ether oxygens (including phenoxy) is 3. The molecule has 0 saturated carbocycles. The molecule has 0 bridgehead atoms. The van der Waals surface area contributed by atoms with Crippen LogP contribution in [0.2, 0.25) is 0 Å². The first-order valence-corrected chi connectivity index (χ1v) is 25.8. The number of rotatable bonds is 41. The number of hydrogen-bond donors (Lipinski definition) is 4. The number of carbonyl (C=O) groups is 2. The lowest BCUT2D eigenvalue weighted by Crippen LogP contribution is -2.29. The van der Waals surface area contributed by atoms with E-state index in [2.05, 4.69) is 77.6 Å². The van der Waals surface area contributed by atoms with Gasteiger partial charge in [-0.25, -0.2) is 9.13 Å². The van der Waals surface area contributed by atoms with Crippen LogP contribution in [-0.4, -0.2) is 82.6 Å². The van der Waals surface area contributed by atoms with Gasteiger partial charge >= 0.3 is 27.6 Å².